The van der Waals surface area contributed by atoms with Gasteiger partial charge in [-0.2, -0.15) is 0 Å². The average Bonchev–Trinajstić information content (AvgIpc) is 2.19. The lowest BCUT2D eigenvalue weighted by atomic mass is 10.1. The molecule has 0 rings (SSSR count). The number of carbonyl (C=O) groups is 2. The number of nitrogens with two attached hydrogens (primary N) is 1. The number of esters is 1. The summed E-state index contributed by atoms with van der Waals surface area (Å²) in [6.45, 7) is 12.4. The van der Waals surface area contributed by atoms with Crippen LogP contribution in [0.25, 0.3) is 0 Å². The molecule has 0 spiro atoms. The van der Waals surface area contributed by atoms with Gasteiger partial charge in [-0.1, -0.05) is 0 Å². The van der Waals surface area contributed by atoms with Crippen molar-refractivity contribution in [2.45, 2.75) is 71.8 Å². The molecule has 0 aromatic carbocycles. The largest absolute Gasteiger partial charge is 0.458 e. The van der Waals surface area contributed by atoms with Crippen LogP contribution >= 0.6 is 0 Å². The first-order chi connectivity index (χ1) is 8.85. The predicted octanol–water partition coefficient (Wildman–Crippen LogP) is 0.975. The lowest BCUT2D eigenvalue weighted by Crippen LogP contribution is -2.53. The van der Waals surface area contributed by atoms with Crippen LogP contribution in [0.15, 0.2) is 0 Å². The molecule has 0 fully saturated rings. The van der Waals surface area contributed by atoms with Gasteiger partial charge in [0, 0.05) is 0 Å². The van der Waals surface area contributed by atoms with E-state index in [0.717, 1.165) is 0 Å². The standard InChI is InChI=1S/C14H28N2O4/c1-9(19-13(2,3)4)11(16-10(17)8-15)12(18)20-14(5,6)7/h9,11H,8,15H2,1-7H3,(H,16,17)/t9-,11+/m1/s1. The maximum atomic E-state index is 12.2. The van der Waals surface area contributed by atoms with Crippen molar-refractivity contribution in [2.75, 3.05) is 6.54 Å². The Morgan fingerprint density at radius 2 is 1.60 bits per heavy atom. The number of carbonyl (C=O) groups excluding carboxylic acids is 2. The summed E-state index contributed by atoms with van der Waals surface area (Å²) < 4.78 is 11.0. The number of ether oxygens (including phenoxy) is 2. The summed E-state index contributed by atoms with van der Waals surface area (Å²) in [6, 6.07) is -0.885. The van der Waals surface area contributed by atoms with Gasteiger partial charge < -0.3 is 20.5 Å². The Kier molecular flexibility index (Phi) is 6.64. The SMILES string of the molecule is C[C@@H](OC(C)(C)C)[C@H](NC(=O)CN)C(=O)OC(C)(C)C. The fourth-order valence-electron chi connectivity index (χ4n) is 1.59. The van der Waals surface area contributed by atoms with Gasteiger partial charge in [0.1, 0.15) is 5.60 Å². The van der Waals surface area contributed by atoms with E-state index in [1.165, 1.54) is 0 Å². The van der Waals surface area contributed by atoms with Crippen LogP contribution in [0, 0.1) is 0 Å². The van der Waals surface area contributed by atoms with Crippen molar-refractivity contribution in [3.05, 3.63) is 0 Å². The Balaban J connectivity index is 4.97. The topological polar surface area (TPSA) is 90.6 Å². The Labute approximate surface area is 121 Å². The minimum Gasteiger partial charge on any atom is -0.458 e. The van der Waals surface area contributed by atoms with Crippen molar-refractivity contribution in [1.29, 1.82) is 0 Å². The van der Waals surface area contributed by atoms with Crippen molar-refractivity contribution in [3.63, 3.8) is 0 Å². The Bertz CT molecular complexity index is 342. The van der Waals surface area contributed by atoms with Crippen molar-refractivity contribution in [2.24, 2.45) is 5.73 Å². The van der Waals surface area contributed by atoms with Gasteiger partial charge in [-0.25, -0.2) is 4.79 Å². The number of amides is 1. The smallest absolute Gasteiger partial charge is 0.331 e. The summed E-state index contributed by atoms with van der Waals surface area (Å²) in [7, 11) is 0. The summed E-state index contributed by atoms with van der Waals surface area (Å²) in [5.74, 6) is -0.957. The van der Waals surface area contributed by atoms with E-state index < -0.39 is 35.2 Å². The van der Waals surface area contributed by atoms with Gasteiger partial charge in [-0.15, -0.1) is 0 Å². The first-order valence-electron chi connectivity index (χ1n) is 6.76. The van der Waals surface area contributed by atoms with E-state index in [2.05, 4.69) is 5.32 Å². The summed E-state index contributed by atoms with van der Waals surface area (Å²) in [5, 5.41) is 2.55. The molecular formula is C14H28N2O4. The molecule has 0 saturated carbocycles. The molecule has 6 heteroatoms. The van der Waals surface area contributed by atoms with Crippen LogP contribution < -0.4 is 11.1 Å². The number of hydrogen-bond donors (Lipinski definition) is 2. The molecule has 0 saturated heterocycles. The van der Waals surface area contributed by atoms with Crippen molar-refractivity contribution in [3.8, 4) is 0 Å². The molecule has 0 aromatic rings. The summed E-state index contributed by atoms with van der Waals surface area (Å²) in [4.78, 5) is 23.6. The molecule has 0 unspecified atom stereocenters. The van der Waals surface area contributed by atoms with Crippen LogP contribution in [-0.2, 0) is 19.1 Å². The first-order valence-corrected chi connectivity index (χ1v) is 6.76. The van der Waals surface area contributed by atoms with E-state index in [9.17, 15) is 9.59 Å². The zero-order chi connectivity index (χ0) is 16.1. The zero-order valence-corrected chi connectivity index (χ0v) is 13.6. The van der Waals surface area contributed by atoms with Crippen LogP contribution in [0.5, 0.6) is 0 Å². The third kappa shape index (κ3) is 8.12. The lowest BCUT2D eigenvalue weighted by molar-refractivity contribution is -0.166. The molecular weight excluding hydrogens is 260 g/mol. The van der Waals surface area contributed by atoms with Crippen molar-refractivity contribution >= 4 is 11.9 Å². The highest BCUT2D eigenvalue weighted by molar-refractivity contribution is 5.86. The predicted molar refractivity (Wildman–Crippen MR) is 77.1 cm³/mol. The number of hydrogen-bond acceptors (Lipinski definition) is 5. The Morgan fingerprint density at radius 1 is 1.10 bits per heavy atom. The minimum absolute atomic E-state index is 0.193. The second kappa shape index (κ2) is 7.04. The third-order valence-corrected chi connectivity index (χ3v) is 2.17. The van der Waals surface area contributed by atoms with Gasteiger partial charge in [0.25, 0.3) is 0 Å². The molecule has 0 heterocycles. The maximum Gasteiger partial charge on any atom is 0.331 e. The Hall–Kier alpha value is -1.14. The van der Waals surface area contributed by atoms with E-state index in [4.69, 9.17) is 15.2 Å². The highest BCUT2D eigenvalue weighted by Gasteiger charge is 2.33. The van der Waals surface area contributed by atoms with Crippen LogP contribution in [0.2, 0.25) is 0 Å². The van der Waals surface area contributed by atoms with Gasteiger partial charge >= 0.3 is 5.97 Å². The van der Waals surface area contributed by atoms with Gasteiger partial charge in [0.05, 0.1) is 18.2 Å². The average molecular weight is 288 g/mol. The molecule has 0 bridgehead atoms. The second-order valence-corrected chi connectivity index (χ2v) is 6.72. The maximum absolute atomic E-state index is 12.2. The molecule has 0 aliphatic carbocycles. The summed E-state index contributed by atoms with van der Waals surface area (Å²) >= 11 is 0. The third-order valence-electron chi connectivity index (χ3n) is 2.17. The highest BCUT2D eigenvalue weighted by atomic mass is 16.6. The molecule has 0 aliphatic heterocycles. The monoisotopic (exact) mass is 288 g/mol. The Morgan fingerprint density at radius 3 is 1.95 bits per heavy atom. The fraction of sp³-hybridized carbons (Fsp3) is 0.857. The molecule has 0 aromatic heterocycles. The van der Waals surface area contributed by atoms with E-state index in [-0.39, 0.29) is 6.54 Å². The molecule has 0 aliphatic rings. The van der Waals surface area contributed by atoms with Crippen LogP contribution in [0.3, 0.4) is 0 Å². The first kappa shape index (κ1) is 18.9. The van der Waals surface area contributed by atoms with Gasteiger partial charge in [0.2, 0.25) is 5.91 Å². The van der Waals surface area contributed by atoms with E-state index in [1.54, 1.807) is 27.7 Å². The molecule has 118 valence electrons. The van der Waals surface area contributed by atoms with Crippen LogP contribution in [0.4, 0.5) is 0 Å². The quantitative estimate of drug-likeness (QED) is 0.736. The second-order valence-electron chi connectivity index (χ2n) is 6.72. The van der Waals surface area contributed by atoms with Crippen molar-refractivity contribution < 1.29 is 19.1 Å². The molecule has 6 nitrogen and oxygen atoms in total. The molecule has 2 atom stereocenters. The zero-order valence-electron chi connectivity index (χ0n) is 13.6. The normalized spacial score (nSPS) is 15.4. The molecule has 0 radical (unpaired) electrons. The van der Waals surface area contributed by atoms with E-state index in [1.807, 2.05) is 20.8 Å². The fourth-order valence-corrected chi connectivity index (χ4v) is 1.59. The van der Waals surface area contributed by atoms with E-state index in [0.29, 0.717) is 0 Å². The molecule has 3 N–H and O–H groups in total. The van der Waals surface area contributed by atoms with Gasteiger partial charge in [-0.3, -0.25) is 4.79 Å². The van der Waals surface area contributed by atoms with E-state index >= 15 is 0 Å². The van der Waals surface area contributed by atoms with Crippen LogP contribution in [-0.4, -0.2) is 41.8 Å². The molecule has 1 amide bonds. The van der Waals surface area contributed by atoms with Crippen molar-refractivity contribution in [1.82, 2.24) is 5.32 Å². The van der Waals surface area contributed by atoms with Crippen LogP contribution in [0.1, 0.15) is 48.5 Å². The van der Waals surface area contributed by atoms with Gasteiger partial charge in [-0.05, 0) is 48.5 Å². The molecule has 20 heavy (non-hydrogen) atoms. The highest BCUT2D eigenvalue weighted by Crippen LogP contribution is 2.16. The lowest BCUT2D eigenvalue weighted by Gasteiger charge is -2.32. The number of nitrogens with one attached hydrogen (secondary N) is 1. The summed E-state index contributed by atoms with van der Waals surface area (Å²) in [5.41, 5.74) is 4.20. The minimum atomic E-state index is -0.885. The van der Waals surface area contributed by atoms with Gasteiger partial charge in [0.15, 0.2) is 6.04 Å². The summed E-state index contributed by atoms with van der Waals surface area (Å²) in [6.07, 6.45) is -0.527. The number of rotatable bonds is 5.